The standard InChI is InChI=1S/C48H32N4O2.C48H34N4O.C37H30N4/c1-48(2)37-13-5-7-15-39(37)52(40-16-8-6-14-38(40)48)32-23-19-29(20-24-32)45-49-46(30-21-25-43-35(27-30)33-11-3-9-17-41(33)53-43)51-47(50-45)31-22-26-44-36(28-31)34-12-4-10-18-42(34)54-44;1-48(2)39-18-7-9-20-41(39)52(42-21-10-8-19-40(42)48)35-29-27-34(28-30-35)47-50-45(32-13-4-3-5-14-32)49-46(51-47)33-25-23-31(24-26-33)36-16-12-17-38-37-15-6-11-22-43(37)53-44(36)38;1-25-17-19-27(20-18-25)35-38-34(26-11-5-4-6-12-26)39-36(40-35)28-21-23-29(24-22-28)41-32-15-9-7-13-30(32)37(2,3)31-14-8-10-16-33(31)41/h3-28H,1-2H3;3-30H,1-2H3;4-24H,1-3H3. The highest BCUT2D eigenvalue weighted by atomic mass is 16.3. The highest BCUT2D eigenvalue weighted by molar-refractivity contribution is 6.11. The van der Waals surface area contributed by atoms with Crippen molar-refractivity contribution in [2.75, 3.05) is 14.7 Å². The summed E-state index contributed by atoms with van der Waals surface area (Å²) in [5.41, 5.74) is 34.7. The molecule has 9 heterocycles. The fourth-order valence-electron chi connectivity index (χ4n) is 21.8. The van der Waals surface area contributed by atoms with Crippen LogP contribution >= 0.6 is 0 Å². The molecule has 0 amide bonds. The van der Waals surface area contributed by atoms with Gasteiger partial charge in [-0.1, -0.05) is 338 Å². The van der Waals surface area contributed by atoms with Crippen LogP contribution in [0.5, 0.6) is 0 Å². The molecule has 706 valence electrons. The first kappa shape index (κ1) is 89.1. The second-order valence-electron chi connectivity index (χ2n) is 39.6. The van der Waals surface area contributed by atoms with Gasteiger partial charge in [-0.05, 0) is 210 Å². The van der Waals surface area contributed by atoms with E-state index in [0.717, 1.165) is 144 Å². The van der Waals surface area contributed by atoms with E-state index in [0.29, 0.717) is 52.4 Å². The maximum Gasteiger partial charge on any atom is 0.164 e. The summed E-state index contributed by atoms with van der Waals surface area (Å²) < 4.78 is 18.6. The third-order valence-electron chi connectivity index (χ3n) is 29.5. The smallest absolute Gasteiger partial charge is 0.164 e. The van der Waals surface area contributed by atoms with Crippen LogP contribution < -0.4 is 14.7 Å². The minimum atomic E-state index is -0.126. The molecule has 0 radical (unpaired) electrons. The fraction of sp³-hybridized carbons (Fsp3) is 0.0752. The van der Waals surface area contributed by atoms with Gasteiger partial charge in [0.1, 0.15) is 33.5 Å². The normalized spacial score (nSPS) is 13.4. The molecule has 0 N–H and O–H groups in total. The second-order valence-corrected chi connectivity index (χ2v) is 39.6. The number of furan rings is 3. The van der Waals surface area contributed by atoms with Gasteiger partial charge >= 0.3 is 0 Å². The predicted molar refractivity (Wildman–Crippen MR) is 601 cm³/mol. The quantitative estimate of drug-likeness (QED) is 0.107. The lowest BCUT2D eigenvalue weighted by Crippen LogP contribution is -2.30. The maximum absolute atomic E-state index is 6.34. The van der Waals surface area contributed by atoms with Gasteiger partial charge in [0.2, 0.25) is 0 Å². The zero-order valence-electron chi connectivity index (χ0n) is 82.4. The molecule has 0 spiro atoms. The van der Waals surface area contributed by atoms with Gasteiger partial charge in [-0.25, -0.2) is 44.9 Å². The lowest BCUT2D eigenvalue weighted by molar-refractivity contribution is 0.632. The summed E-state index contributed by atoms with van der Waals surface area (Å²) in [6.07, 6.45) is 0. The van der Waals surface area contributed by atoms with E-state index in [1.54, 1.807) is 0 Å². The molecule has 15 nitrogen and oxygen atoms in total. The number of fused-ring (bicyclic) bond motifs is 15. The minimum Gasteiger partial charge on any atom is -0.456 e. The molecule has 0 fully saturated rings. The molecule has 25 aromatic rings. The van der Waals surface area contributed by atoms with Gasteiger partial charge in [0.05, 0.1) is 34.1 Å². The molecule has 6 aromatic heterocycles. The van der Waals surface area contributed by atoms with Crippen molar-refractivity contribution in [3.8, 4) is 114 Å². The highest BCUT2D eigenvalue weighted by Gasteiger charge is 2.41. The molecule has 19 aromatic carbocycles. The molecule has 3 aliphatic rings. The van der Waals surface area contributed by atoms with Crippen LogP contribution in [0.15, 0.2) is 468 Å². The van der Waals surface area contributed by atoms with Gasteiger partial charge in [0.25, 0.3) is 0 Å². The molecule has 15 heteroatoms. The van der Waals surface area contributed by atoms with Crippen LogP contribution in [0.25, 0.3) is 179 Å². The number of para-hydroxylation sites is 10. The molecule has 0 saturated carbocycles. The molecule has 3 aliphatic heterocycles. The number of benzene rings is 19. The van der Waals surface area contributed by atoms with E-state index in [2.05, 4.69) is 379 Å². The van der Waals surface area contributed by atoms with Crippen LogP contribution in [0.1, 0.15) is 80.5 Å². The van der Waals surface area contributed by atoms with E-state index in [1.807, 2.05) is 140 Å². The Balaban J connectivity index is 0.000000114. The van der Waals surface area contributed by atoms with Crippen molar-refractivity contribution in [3.63, 3.8) is 0 Å². The van der Waals surface area contributed by atoms with Crippen molar-refractivity contribution in [1.29, 1.82) is 0 Å². The molecule has 0 unspecified atom stereocenters. The Bertz CT molecular complexity index is 9190. The zero-order chi connectivity index (χ0) is 99.5. The number of aryl methyl sites for hydroxylation is 1. The fourth-order valence-corrected chi connectivity index (χ4v) is 21.8. The number of anilines is 9. The van der Waals surface area contributed by atoms with Gasteiger partial charge in [-0.15, -0.1) is 0 Å². The maximum atomic E-state index is 6.34. The van der Waals surface area contributed by atoms with Gasteiger partial charge in [-0.3, -0.25) is 0 Å². The summed E-state index contributed by atoms with van der Waals surface area (Å²) in [6, 6.07) is 158. The van der Waals surface area contributed by atoms with Crippen LogP contribution in [0.4, 0.5) is 51.2 Å². The zero-order valence-corrected chi connectivity index (χ0v) is 82.4. The molecular formula is C133H96N12O3. The summed E-state index contributed by atoms with van der Waals surface area (Å²) >= 11 is 0. The largest absolute Gasteiger partial charge is 0.456 e. The first-order chi connectivity index (χ1) is 72.5. The van der Waals surface area contributed by atoms with Crippen LogP contribution in [-0.4, -0.2) is 44.9 Å². The van der Waals surface area contributed by atoms with Crippen molar-refractivity contribution in [3.05, 3.63) is 494 Å². The summed E-state index contributed by atoms with van der Waals surface area (Å²) in [5, 5.41) is 6.39. The average Bonchev–Trinajstić information content (AvgIpc) is 1.24. The Morgan fingerprint density at radius 3 is 0.716 bits per heavy atom. The molecule has 0 bridgehead atoms. The van der Waals surface area contributed by atoms with Crippen molar-refractivity contribution >= 4 is 117 Å². The first-order valence-corrected chi connectivity index (χ1v) is 50.1. The van der Waals surface area contributed by atoms with Gasteiger partial charge in [0, 0.05) is 121 Å². The van der Waals surface area contributed by atoms with Crippen molar-refractivity contribution in [1.82, 2.24) is 44.9 Å². The van der Waals surface area contributed by atoms with Gasteiger partial charge < -0.3 is 28.0 Å². The van der Waals surface area contributed by atoms with Crippen LogP contribution in [0.2, 0.25) is 0 Å². The molecule has 28 rings (SSSR count). The Hall–Kier alpha value is -19.0. The molecule has 0 atom stereocenters. The number of hydrogen-bond acceptors (Lipinski definition) is 15. The van der Waals surface area contributed by atoms with E-state index in [-0.39, 0.29) is 16.2 Å². The Labute approximate surface area is 856 Å². The van der Waals surface area contributed by atoms with E-state index in [4.69, 9.17) is 58.1 Å². The molecule has 0 saturated heterocycles. The van der Waals surface area contributed by atoms with E-state index < -0.39 is 0 Å². The third kappa shape index (κ3) is 15.7. The second kappa shape index (κ2) is 36.1. The van der Waals surface area contributed by atoms with E-state index in [9.17, 15) is 0 Å². The SMILES string of the molecule is CC1(C)c2ccccc2N(c2ccc(-c3nc(-c4ccc5oc6ccccc6c5c4)nc(-c4ccc5oc6ccccc6c5c4)n3)cc2)c2ccccc21.CC1(C)c2ccccc2N(c2ccc(-c3nc(-c4ccccc4)nc(-c4ccc(-c5cccc6c5oc5ccccc56)cc4)n3)cc2)c2ccccc21.Cc1ccc(-c2nc(-c3ccccc3)nc(-c3ccc(N4c5ccccc5C(C)(C)c5ccccc54)cc3)n2)cc1. The third-order valence-corrected chi connectivity index (χ3v) is 29.5. The highest BCUT2D eigenvalue weighted by Crippen LogP contribution is 2.56. The van der Waals surface area contributed by atoms with E-state index >= 15 is 0 Å². The number of nitrogens with zero attached hydrogens (tertiary/aromatic N) is 12. The Morgan fingerprint density at radius 2 is 0.399 bits per heavy atom. The van der Waals surface area contributed by atoms with Gasteiger partial charge in [-0.2, -0.15) is 0 Å². The van der Waals surface area contributed by atoms with Crippen LogP contribution in [0, 0.1) is 6.92 Å². The monoisotopic (exact) mass is 1910 g/mol. The lowest BCUT2D eigenvalue weighted by Gasteiger charge is -2.42. The first-order valence-electron chi connectivity index (χ1n) is 50.1. The van der Waals surface area contributed by atoms with Crippen LogP contribution in [-0.2, 0) is 16.2 Å². The summed E-state index contributed by atoms with van der Waals surface area (Å²) in [7, 11) is 0. The number of hydrogen-bond donors (Lipinski definition) is 0. The van der Waals surface area contributed by atoms with Crippen molar-refractivity contribution in [2.24, 2.45) is 0 Å². The number of rotatable bonds is 13. The van der Waals surface area contributed by atoms with E-state index in [1.165, 1.54) is 73.1 Å². The summed E-state index contributed by atoms with van der Waals surface area (Å²) in [4.78, 5) is 52.2. The van der Waals surface area contributed by atoms with Crippen molar-refractivity contribution < 1.29 is 13.3 Å². The minimum absolute atomic E-state index is 0.0886. The molecule has 0 aliphatic carbocycles. The topological polar surface area (TPSA) is 165 Å². The molecular weight excluding hydrogens is 1810 g/mol. The number of aromatic nitrogens is 9. The average molecular weight is 1910 g/mol. The van der Waals surface area contributed by atoms with Crippen molar-refractivity contribution in [2.45, 2.75) is 64.7 Å². The summed E-state index contributed by atoms with van der Waals surface area (Å²) in [6.45, 7) is 15.9. The lowest BCUT2D eigenvalue weighted by atomic mass is 9.73. The Kier molecular flexibility index (Phi) is 21.8. The predicted octanol–water partition coefficient (Wildman–Crippen LogP) is 34.6. The molecule has 148 heavy (non-hydrogen) atoms. The Morgan fingerprint density at radius 1 is 0.176 bits per heavy atom. The van der Waals surface area contributed by atoms with Gasteiger partial charge in [0.15, 0.2) is 52.4 Å². The van der Waals surface area contributed by atoms with Crippen LogP contribution in [0.3, 0.4) is 0 Å². The summed E-state index contributed by atoms with van der Waals surface area (Å²) in [5.74, 6) is 5.62.